The van der Waals surface area contributed by atoms with E-state index in [1.807, 2.05) is 13.8 Å². The fourth-order valence-corrected chi connectivity index (χ4v) is 2.09. The predicted molar refractivity (Wildman–Crippen MR) is 85.8 cm³/mol. The summed E-state index contributed by atoms with van der Waals surface area (Å²) in [6.45, 7) is 7.60. The van der Waals surface area contributed by atoms with Crippen molar-refractivity contribution >= 4 is 17.6 Å². The number of carbonyl (C=O) groups is 3. The van der Waals surface area contributed by atoms with Gasteiger partial charge in [0.1, 0.15) is 0 Å². The van der Waals surface area contributed by atoms with Gasteiger partial charge in [-0.3, -0.25) is 14.4 Å². The zero-order chi connectivity index (χ0) is 17.3. The smallest absolute Gasteiger partial charge is 0.240 e. The Morgan fingerprint density at radius 3 is 2.00 bits per heavy atom. The molecule has 0 radical (unpaired) electrons. The first-order valence-electron chi connectivity index (χ1n) is 7.73. The van der Waals surface area contributed by atoms with Crippen molar-refractivity contribution in [3.05, 3.63) is 0 Å². The molecule has 7 heteroatoms. The Labute approximate surface area is 132 Å². The minimum Gasteiger partial charge on any atom is -0.347 e. The summed E-state index contributed by atoms with van der Waals surface area (Å²) in [5, 5.41) is 5.09. The monoisotopic (exact) mass is 314 g/mol. The number of ketones is 1. The number of amides is 2. The maximum Gasteiger partial charge on any atom is 0.240 e. The lowest BCUT2D eigenvalue weighted by Gasteiger charge is -2.19. The predicted octanol–water partition coefficient (Wildman–Crippen LogP) is -0.608. The minimum atomic E-state index is -0.717. The van der Waals surface area contributed by atoms with E-state index in [1.54, 1.807) is 13.8 Å². The highest BCUT2D eigenvalue weighted by Crippen LogP contribution is 2.10. The van der Waals surface area contributed by atoms with Gasteiger partial charge in [0.2, 0.25) is 11.8 Å². The first-order chi connectivity index (χ1) is 10.2. The molecule has 0 aromatic heterocycles. The SMILES string of the molecule is CC(C)CC(CN)C(=O)NCC(=O)NC(CN)C(=O)C(C)C. The zero-order valence-corrected chi connectivity index (χ0v) is 14.0. The topological polar surface area (TPSA) is 127 Å². The van der Waals surface area contributed by atoms with Gasteiger partial charge in [-0.25, -0.2) is 0 Å². The third-order valence-electron chi connectivity index (χ3n) is 3.32. The molecule has 7 nitrogen and oxygen atoms in total. The highest BCUT2D eigenvalue weighted by atomic mass is 16.2. The molecule has 0 aromatic rings. The Hall–Kier alpha value is -1.47. The highest BCUT2D eigenvalue weighted by Gasteiger charge is 2.23. The van der Waals surface area contributed by atoms with Gasteiger partial charge in [-0.15, -0.1) is 0 Å². The number of hydrogen-bond acceptors (Lipinski definition) is 5. The summed E-state index contributed by atoms with van der Waals surface area (Å²) in [5.74, 6) is -0.976. The molecule has 0 aliphatic heterocycles. The van der Waals surface area contributed by atoms with Gasteiger partial charge in [-0.05, 0) is 12.3 Å². The van der Waals surface area contributed by atoms with Crippen LogP contribution in [0.5, 0.6) is 0 Å². The van der Waals surface area contributed by atoms with Gasteiger partial charge in [0, 0.05) is 19.0 Å². The zero-order valence-electron chi connectivity index (χ0n) is 14.0. The quantitative estimate of drug-likeness (QED) is 0.428. The van der Waals surface area contributed by atoms with Crippen LogP contribution in [0.25, 0.3) is 0 Å². The normalized spacial score (nSPS) is 13.8. The Morgan fingerprint density at radius 1 is 1.00 bits per heavy atom. The van der Waals surface area contributed by atoms with Crippen LogP contribution in [-0.4, -0.2) is 43.3 Å². The first kappa shape index (κ1) is 20.5. The van der Waals surface area contributed by atoms with Crippen LogP contribution in [0.3, 0.4) is 0 Å². The summed E-state index contributed by atoms with van der Waals surface area (Å²) in [6.07, 6.45) is 0.668. The van der Waals surface area contributed by atoms with E-state index in [0.29, 0.717) is 12.3 Å². The molecule has 2 unspecified atom stereocenters. The lowest BCUT2D eigenvalue weighted by atomic mass is 9.96. The van der Waals surface area contributed by atoms with Crippen LogP contribution in [-0.2, 0) is 14.4 Å². The molecule has 0 heterocycles. The van der Waals surface area contributed by atoms with E-state index in [9.17, 15) is 14.4 Å². The number of nitrogens with two attached hydrogens (primary N) is 2. The standard InChI is InChI=1S/C15H30N4O3/c1-9(2)5-11(6-16)15(22)18-8-13(20)19-12(7-17)14(21)10(3)4/h9-12H,5-8,16-17H2,1-4H3,(H,18,22)(H,19,20). The maximum atomic E-state index is 11.9. The molecule has 0 spiro atoms. The number of rotatable bonds is 10. The molecular weight excluding hydrogens is 284 g/mol. The van der Waals surface area contributed by atoms with E-state index in [1.165, 1.54) is 0 Å². The molecule has 0 fully saturated rings. The van der Waals surface area contributed by atoms with Crippen LogP contribution in [0.4, 0.5) is 0 Å². The summed E-state index contributed by atoms with van der Waals surface area (Å²) in [6, 6.07) is -0.717. The van der Waals surface area contributed by atoms with Crippen LogP contribution >= 0.6 is 0 Å². The average Bonchev–Trinajstić information content (AvgIpc) is 2.46. The molecular formula is C15H30N4O3. The van der Waals surface area contributed by atoms with Crippen LogP contribution in [0.1, 0.15) is 34.1 Å². The summed E-state index contributed by atoms with van der Waals surface area (Å²) < 4.78 is 0. The van der Waals surface area contributed by atoms with Crippen molar-refractivity contribution in [1.82, 2.24) is 10.6 Å². The Morgan fingerprint density at radius 2 is 1.59 bits per heavy atom. The number of Topliss-reactive ketones (excluding diaryl/α,β-unsaturated/α-hetero) is 1. The molecule has 22 heavy (non-hydrogen) atoms. The Kier molecular flexibility index (Phi) is 9.60. The van der Waals surface area contributed by atoms with Crippen LogP contribution < -0.4 is 22.1 Å². The van der Waals surface area contributed by atoms with Crippen LogP contribution in [0, 0.1) is 17.8 Å². The molecule has 2 amide bonds. The van der Waals surface area contributed by atoms with Gasteiger partial charge in [-0.1, -0.05) is 27.7 Å². The second-order valence-electron chi connectivity index (χ2n) is 6.19. The van der Waals surface area contributed by atoms with Crippen molar-refractivity contribution < 1.29 is 14.4 Å². The average molecular weight is 314 g/mol. The van der Waals surface area contributed by atoms with Gasteiger partial charge in [0.05, 0.1) is 18.5 Å². The molecule has 0 saturated heterocycles. The Bertz CT molecular complexity index is 383. The molecule has 6 N–H and O–H groups in total. The first-order valence-corrected chi connectivity index (χ1v) is 7.73. The summed E-state index contributed by atoms with van der Waals surface area (Å²) in [5.41, 5.74) is 11.1. The number of carbonyl (C=O) groups excluding carboxylic acids is 3. The van der Waals surface area contributed by atoms with Crippen LogP contribution in [0.2, 0.25) is 0 Å². The summed E-state index contributed by atoms with van der Waals surface area (Å²) >= 11 is 0. The van der Waals surface area contributed by atoms with Gasteiger partial charge < -0.3 is 22.1 Å². The van der Waals surface area contributed by atoms with Crippen molar-refractivity contribution in [2.24, 2.45) is 29.2 Å². The van der Waals surface area contributed by atoms with Crippen molar-refractivity contribution in [3.8, 4) is 0 Å². The molecule has 0 aliphatic carbocycles. The third-order valence-corrected chi connectivity index (χ3v) is 3.32. The second kappa shape index (κ2) is 10.3. The fourth-order valence-electron chi connectivity index (χ4n) is 2.09. The number of hydrogen-bond donors (Lipinski definition) is 4. The van der Waals surface area contributed by atoms with E-state index >= 15 is 0 Å². The van der Waals surface area contributed by atoms with Crippen molar-refractivity contribution in [2.45, 2.75) is 40.2 Å². The molecule has 2 atom stereocenters. The van der Waals surface area contributed by atoms with E-state index in [-0.39, 0.29) is 43.2 Å². The molecule has 0 rings (SSSR count). The van der Waals surface area contributed by atoms with E-state index in [4.69, 9.17) is 11.5 Å². The summed E-state index contributed by atoms with van der Waals surface area (Å²) in [7, 11) is 0. The molecule has 128 valence electrons. The molecule has 0 aliphatic rings. The van der Waals surface area contributed by atoms with Gasteiger partial charge in [-0.2, -0.15) is 0 Å². The van der Waals surface area contributed by atoms with E-state index in [0.717, 1.165) is 0 Å². The third kappa shape index (κ3) is 7.51. The molecule has 0 aromatic carbocycles. The maximum absolute atomic E-state index is 11.9. The molecule has 0 saturated carbocycles. The summed E-state index contributed by atoms with van der Waals surface area (Å²) in [4.78, 5) is 35.6. The minimum absolute atomic E-state index is 0.0372. The lowest BCUT2D eigenvalue weighted by molar-refractivity contribution is -0.130. The Balaban J connectivity index is 4.37. The van der Waals surface area contributed by atoms with Crippen molar-refractivity contribution in [3.63, 3.8) is 0 Å². The second-order valence-corrected chi connectivity index (χ2v) is 6.19. The largest absolute Gasteiger partial charge is 0.347 e. The number of nitrogens with one attached hydrogen (secondary N) is 2. The van der Waals surface area contributed by atoms with Crippen molar-refractivity contribution in [1.29, 1.82) is 0 Å². The highest BCUT2D eigenvalue weighted by molar-refractivity contribution is 5.92. The van der Waals surface area contributed by atoms with E-state index < -0.39 is 11.9 Å². The van der Waals surface area contributed by atoms with Gasteiger partial charge in [0.15, 0.2) is 5.78 Å². The van der Waals surface area contributed by atoms with E-state index in [2.05, 4.69) is 10.6 Å². The molecule has 0 bridgehead atoms. The van der Waals surface area contributed by atoms with Crippen molar-refractivity contribution in [2.75, 3.05) is 19.6 Å². The fraction of sp³-hybridized carbons (Fsp3) is 0.800. The van der Waals surface area contributed by atoms with Gasteiger partial charge in [0.25, 0.3) is 0 Å². The van der Waals surface area contributed by atoms with Crippen LogP contribution in [0.15, 0.2) is 0 Å². The lowest BCUT2D eigenvalue weighted by Crippen LogP contribution is -2.50. The van der Waals surface area contributed by atoms with Gasteiger partial charge >= 0.3 is 0 Å².